The lowest BCUT2D eigenvalue weighted by atomic mass is 10.3. The lowest BCUT2D eigenvalue weighted by Crippen LogP contribution is -2.32. The Bertz CT molecular complexity index is 208. The monoisotopic (exact) mass is 256 g/mol. The van der Waals surface area contributed by atoms with Gasteiger partial charge in [0.05, 0.1) is 12.3 Å². The zero-order valence-electron chi connectivity index (χ0n) is 13.5. The minimum atomic E-state index is 0.625. The van der Waals surface area contributed by atoms with Gasteiger partial charge in [-0.2, -0.15) is 0 Å². The van der Waals surface area contributed by atoms with E-state index in [9.17, 15) is 0 Å². The molecule has 0 aromatic rings. The first kappa shape index (κ1) is 15.9. The van der Waals surface area contributed by atoms with E-state index in [-0.39, 0.29) is 0 Å². The van der Waals surface area contributed by atoms with E-state index in [0.717, 1.165) is 12.1 Å². The molecular formula is C14H32N4. The molecule has 108 valence electrons. The van der Waals surface area contributed by atoms with Crippen LogP contribution in [0.5, 0.6) is 0 Å². The van der Waals surface area contributed by atoms with Crippen molar-refractivity contribution in [3.05, 3.63) is 0 Å². The first-order valence-corrected chi connectivity index (χ1v) is 7.10. The predicted octanol–water partition coefficient (Wildman–Crippen LogP) is 1.20. The van der Waals surface area contributed by atoms with Crippen LogP contribution >= 0.6 is 0 Å². The molecule has 0 aliphatic carbocycles. The standard InChI is InChI=1S/2C7H16N2/c2*1-6-5-8(3)7(2)9(6)4/h2*6-7H,5H2,1-4H3. The molecule has 0 aromatic heterocycles. The van der Waals surface area contributed by atoms with Crippen molar-refractivity contribution in [3.8, 4) is 0 Å². The molecule has 0 bridgehead atoms. The van der Waals surface area contributed by atoms with Gasteiger partial charge in [-0.05, 0) is 55.9 Å². The molecule has 2 rings (SSSR count). The Balaban J connectivity index is 0.000000180. The molecule has 4 atom stereocenters. The van der Waals surface area contributed by atoms with Gasteiger partial charge in [0.25, 0.3) is 0 Å². The van der Waals surface area contributed by atoms with Gasteiger partial charge >= 0.3 is 0 Å². The van der Waals surface area contributed by atoms with Gasteiger partial charge in [-0.3, -0.25) is 19.6 Å². The first-order chi connectivity index (χ1) is 8.25. The van der Waals surface area contributed by atoms with E-state index in [0.29, 0.717) is 12.3 Å². The molecule has 2 saturated heterocycles. The van der Waals surface area contributed by atoms with Crippen LogP contribution in [0.3, 0.4) is 0 Å². The average molecular weight is 256 g/mol. The second kappa shape index (κ2) is 6.33. The number of hydrogen-bond donors (Lipinski definition) is 0. The molecule has 4 nitrogen and oxygen atoms in total. The fourth-order valence-electron chi connectivity index (χ4n) is 2.75. The number of hydrogen-bond acceptors (Lipinski definition) is 4. The lowest BCUT2D eigenvalue weighted by molar-refractivity contribution is 0.192. The van der Waals surface area contributed by atoms with E-state index >= 15 is 0 Å². The van der Waals surface area contributed by atoms with Gasteiger partial charge < -0.3 is 0 Å². The van der Waals surface area contributed by atoms with E-state index in [1.807, 2.05) is 0 Å². The van der Waals surface area contributed by atoms with E-state index < -0.39 is 0 Å². The predicted molar refractivity (Wildman–Crippen MR) is 78.6 cm³/mol. The third-order valence-electron chi connectivity index (χ3n) is 4.95. The second-order valence-corrected chi connectivity index (χ2v) is 6.17. The molecule has 2 heterocycles. The quantitative estimate of drug-likeness (QED) is 0.645. The molecule has 4 unspecified atom stereocenters. The second-order valence-electron chi connectivity index (χ2n) is 6.17. The van der Waals surface area contributed by atoms with Crippen LogP contribution in [0.4, 0.5) is 0 Å². The highest BCUT2D eigenvalue weighted by molar-refractivity contribution is 4.80. The highest BCUT2D eigenvalue weighted by Gasteiger charge is 2.28. The highest BCUT2D eigenvalue weighted by Crippen LogP contribution is 2.15. The lowest BCUT2D eigenvalue weighted by Gasteiger charge is -2.21. The van der Waals surface area contributed by atoms with Gasteiger partial charge in [0.15, 0.2) is 0 Å². The van der Waals surface area contributed by atoms with E-state index in [1.165, 1.54) is 13.1 Å². The van der Waals surface area contributed by atoms with Crippen LogP contribution in [-0.2, 0) is 0 Å². The van der Waals surface area contributed by atoms with Crippen LogP contribution in [0.2, 0.25) is 0 Å². The summed E-state index contributed by atoms with van der Waals surface area (Å²) in [5.74, 6) is 0. The topological polar surface area (TPSA) is 13.0 Å². The Morgan fingerprint density at radius 1 is 0.611 bits per heavy atom. The Morgan fingerprint density at radius 2 is 0.889 bits per heavy atom. The molecule has 0 N–H and O–H groups in total. The summed E-state index contributed by atoms with van der Waals surface area (Å²) in [6.07, 6.45) is 1.25. The van der Waals surface area contributed by atoms with Crippen molar-refractivity contribution in [3.63, 3.8) is 0 Å². The van der Waals surface area contributed by atoms with Crippen molar-refractivity contribution in [2.45, 2.75) is 52.1 Å². The zero-order valence-corrected chi connectivity index (χ0v) is 13.5. The van der Waals surface area contributed by atoms with Crippen LogP contribution < -0.4 is 0 Å². The summed E-state index contributed by atoms with van der Waals surface area (Å²) in [5.41, 5.74) is 0. The Hall–Kier alpha value is -0.160. The third-order valence-corrected chi connectivity index (χ3v) is 4.95. The summed E-state index contributed by atoms with van der Waals surface area (Å²) in [6.45, 7) is 11.4. The molecule has 2 fully saturated rings. The molecule has 4 heteroatoms. The SMILES string of the molecule is CC1CN(C)C(C)N1C.CC1CN(C)C(C)N1C. The van der Waals surface area contributed by atoms with Crippen LogP contribution in [0.1, 0.15) is 27.7 Å². The largest absolute Gasteiger partial charge is 0.290 e. The van der Waals surface area contributed by atoms with Crippen molar-refractivity contribution in [1.82, 2.24) is 19.6 Å². The molecule has 2 aliphatic heterocycles. The summed E-state index contributed by atoms with van der Waals surface area (Å²) in [7, 11) is 8.70. The summed E-state index contributed by atoms with van der Waals surface area (Å²) in [4.78, 5) is 9.51. The smallest absolute Gasteiger partial charge is 0.0591 e. The maximum absolute atomic E-state index is 2.39. The summed E-state index contributed by atoms with van der Waals surface area (Å²) < 4.78 is 0. The minimum Gasteiger partial charge on any atom is -0.290 e. The van der Waals surface area contributed by atoms with Crippen LogP contribution in [0, 0.1) is 0 Å². The van der Waals surface area contributed by atoms with Crippen LogP contribution in [0.15, 0.2) is 0 Å². The third kappa shape index (κ3) is 3.44. The molecule has 0 spiro atoms. The average Bonchev–Trinajstić information content (AvgIpc) is 2.66. The van der Waals surface area contributed by atoms with Gasteiger partial charge in [0.2, 0.25) is 0 Å². The summed E-state index contributed by atoms with van der Waals surface area (Å²) >= 11 is 0. The maximum atomic E-state index is 2.39. The molecular weight excluding hydrogens is 224 g/mol. The highest BCUT2D eigenvalue weighted by atomic mass is 15.4. The minimum absolute atomic E-state index is 0.625. The number of nitrogens with zero attached hydrogens (tertiary/aromatic N) is 4. The van der Waals surface area contributed by atoms with Crippen LogP contribution in [-0.4, -0.2) is 85.3 Å². The molecule has 0 amide bonds. The Morgan fingerprint density at radius 3 is 0.944 bits per heavy atom. The fraction of sp³-hybridized carbons (Fsp3) is 1.00. The van der Waals surface area contributed by atoms with Gasteiger partial charge in [0.1, 0.15) is 0 Å². The first-order valence-electron chi connectivity index (χ1n) is 7.10. The molecule has 0 radical (unpaired) electrons. The summed E-state index contributed by atoms with van der Waals surface area (Å²) in [6, 6.07) is 1.45. The number of rotatable bonds is 0. The van der Waals surface area contributed by atoms with Crippen molar-refractivity contribution in [1.29, 1.82) is 0 Å². The normalized spacial score (nSPS) is 40.0. The van der Waals surface area contributed by atoms with Gasteiger partial charge in [-0.15, -0.1) is 0 Å². The Labute approximate surface area is 114 Å². The zero-order chi connectivity index (χ0) is 14.0. The van der Waals surface area contributed by atoms with Crippen molar-refractivity contribution < 1.29 is 0 Å². The van der Waals surface area contributed by atoms with Crippen LogP contribution in [0.25, 0.3) is 0 Å². The van der Waals surface area contributed by atoms with E-state index in [2.05, 4.69) is 75.5 Å². The van der Waals surface area contributed by atoms with Crippen molar-refractivity contribution in [2.75, 3.05) is 41.3 Å². The molecule has 2 aliphatic rings. The molecule has 0 aromatic carbocycles. The fourth-order valence-corrected chi connectivity index (χ4v) is 2.75. The number of likely N-dealkylation sites (N-methyl/N-ethyl adjacent to an activating group) is 4. The Kier molecular flexibility index (Phi) is 5.59. The summed E-state index contributed by atoms with van der Waals surface area (Å²) in [5, 5.41) is 0. The van der Waals surface area contributed by atoms with Gasteiger partial charge in [0, 0.05) is 25.2 Å². The van der Waals surface area contributed by atoms with Crippen molar-refractivity contribution in [2.24, 2.45) is 0 Å². The van der Waals surface area contributed by atoms with Gasteiger partial charge in [-0.1, -0.05) is 0 Å². The van der Waals surface area contributed by atoms with E-state index in [1.54, 1.807) is 0 Å². The molecule has 18 heavy (non-hydrogen) atoms. The van der Waals surface area contributed by atoms with E-state index in [4.69, 9.17) is 0 Å². The maximum Gasteiger partial charge on any atom is 0.0591 e. The molecule has 0 saturated carbocycles. The van der Waals surface area contributed by atoms with Gasteiger partial charge in [-0.25, -0.2) is 0 Å². The van der Waals surface area contributed by atoms with Crippen molar-refractivity contribution >= 4 is 0 Å².